The van der Waals surface area contributed by atoms with Crippen LogP contribution in [0.5, 0.6) is 11.5 Å². The average molecular weight is 540 g/mol. The molecule has 1 unspecified atom stereocenters. The molecule has 2 aromatic rings. The van der Waals surface area contributed by atoms with E-state index < -0.39 is 30.8 Å². The van der Waals surface area contributed by atoms with Crippen molar-refractivity contribution >= 4 is 12.1 Å². The summed E-state index contributed by atoms with van der Waals surface area (Å²) < 4.78 is 53.5. The standard InChI is InChI=1S/C28H36F3NO6/c1-3-36-25(26(33)34)20-22-11-13-23(14-12-22)37-18-17-32(16-7-5-4-6-15-28(29,30)31)27(35)38-24-10-8-9-21(2)19-24/h8-14,19,25H,3-7,15-18,20H2,1-2H3,(H,33,34). The molecule has 0 aromatic heterocycles. The summed E-state index contributed by atoms with van der Waals surface area (Å²) in [6, 6.07) is 14.0. The highest BCUT2D eigenvalue weighted by atomic mass is 19.4. The third-order valence-corrected chi connectivity index (χ3v) is 5.71. The van der Waals surface area contributed by atoms with Crippen LogP contribution >= 0.6 is 0 Å². The molecule has 10 heteroatoms. The van der Waals surface area contributed by atoms with E-state index in [1.807, 2.05) is 13.0 Å². The SMILES string of the molecule is CCOC(Cc1ccc(OCCN(CCCCCCC(F)(F)F)C(=O)Oc2cccc(C)c2)cc1)C(=O)O. The van der Waals surface area contributed by atoms with Crippen LogP contribution in [0.1, 0.15) is 50.2 Å². The first-order chi connectivity index (χ1) is 18.1. The number of ether oxygens (including phenoxy) is 3. The highest BCUT2D eigenvalue weighted by Crippen LogP contribution is 2.23. The highest BCUT2D eigenvalue weighted by molar-refractivity contribution is 5.72. The van der Waals surface area contributed by atoms with Gasteiger partial charge in [-0.15, -0.1) is 0 Å². The number of alkyl halides is 3. The molecule has 0 saturated heterocycles. The van der Waals surface area contributed by atoms with Crippen LogP contribution in [0.3, 0.4) is 0 Å². The number of carbonyl (C=O) groups is 2. The maximum absolute atomic E-state index is 12.8. The van der Waals surface area contributed by atoms with Gasteiger partial charge in [-0.1, -0.05) is 37.1 Å². The summed E-state index contributed by atoms with van der Waals surface area (Å²) in [4.78, 5) is 25.6. The third-order valence-electron chi connectivity index (χ3n) is 5.71. The van der Waals surface area contributed by atoms with Crippen LogP contribution < -0.4 is 9.47 Å². The number of aryl methyl sites for hydroxylation is 1. The monoisotopic (exact) mass is 539 g/mol. The van der Waals surface area contributed by atoms with E-state index in [1.165, 1.54) is 4.90 Å². The lowest BCUT2D eigenvalue weighted by Gasteiger charge is -2.22. The highest BCUT2D eigenvalue weighted by Gasteiger charge is 2.25. The van der Waals surface area contributed by atoms with Crippen LogP contribution in [0, 0.1) is 6.92 Å². The predicted octanol–water partition coefficient (Wildman–Crippen LogP) is 6.42. The van der Waals surface area contributed by atoms with E-state index in [2.05, 4.69) is 0 Å². The molecule has 0 saturated carbocycles. The number of hydrogen-bond donors (Lipinski definition) is 1. The number of unbranched alkanes of at least 4 members (excludes halogenated alkanes) is 3. The van der Waals surface area contributed by atoms with Crippen molar-refractivity contribution < 1.29 is 42.1 Å². The zero-order chi connectivity index (χ0) is 28.0. The Morgan fingerprint density at radius 1 is 0.974 bits per heavy atom. The predicted molar refractivity (Wildman–Crippen MR) is 137 cm³/mol. The number of aliphatic carboxylic acids is 1. The molecule has 0 radical (unpaired) electrons. The minimum absolute atomic E-state index is 0.0636. The fourth-order valence-corrected chi connectivity index (χ4v) is 3.75. The van der Waals surface area contributed by atoms with Crippen LogP contribution in [0.25, 0.3) is 0 Å². The van der Waals surface area contributed by atoms with Gasteiger partial charge < -0.3 is 24.2 Å². The van der Waals surface area contributed by atoms with Crippen LogP contribution in [0.15, 0.2) is 48.5 Å². The quantitative estimate of drug-likeness (QED) is 0.248. The summed E-state index contributed by atoms with van der Waals surface area (Å²) in [5.41, 5.74) is 1.72. The molecule has 0 heterocycles. The Balaban J connectivity index is 1.89. The normalized spacial score (nSPS) is 12.1. The summed E-state index contributed by atoms with van der Waals surface area (Å²) in [5.74, 6) is -0.0604. The lowest BCUT2D eigenvalue weighted by atomic mass is 10.1. The van der Waals surface area contributed by atoms with Crippen molar-refractivity contribution in [1.29, 1.82) is 0 Å². The molecule has 0 bridgehead atoms. The number of rotatable bonds is 16. The van der Waals surface area contributed by atoms with Crippen molar-refractivity contribution in [2.75, 3.05) is 26.3 Å². The minimum Gasteiger partial charge on any atom is -0.492 e. The number of halogens is 3. The molecule has 0 aliphatic heterocycles. The Morgan fingerprint density at radius 3 is 2.32 bits per heavy atom. The second kappa shape index (κ2) is 15.9. The molecule has 0 spiro atoms. The topological polar surface area (TPSA) is 85.3 Å². The van der Waals surface area contributed by atoms with Gasteiger partial charge in [-0.3, -0.25) is 0 Å². The van der Waals surface area contributed by atoms with E-state index in [0.717, 1.165) is 11.1 Å². The van der Waals surface area contributed by atoms with Gasteiger partial charge in [-0.05, 0) is 62.1 Å². The molecule has 1 atom stereocenters. The molecule has 0 aliphatic rings. The molecule has 1 N–H and O–H groups in total. The van der Waals surface area contributed by atoms with Crippen LogP contribution in [-0.2, 0) is 16.0 Å². The second-order valence-electron chi connectivity index (χ2n) is 8.93. The molecule has 2 rings (SSSR count). The third kappa shape index (κ3) is 12.3. The largest absolute Gasteiger partial charge is 0.492 e. The fraction of sp³-hybridized carbons (Fsp3) is 0.500. The molecule has 2 aromatic carbocycles. The molecule has 1 amide bonds. The van der Waals surface area contributed by atoms with Gasteiger partial charge in [0, 0.05) is 26.0 Å². The van der Waals surface area contributed by atoms with E-state index in [-0.39, 0.29) is 26.0 Å². The summed E-state index contributed by atoms with van der Waals surface area (Å²) in [7, 11) is 0. The Bertz CT molecular complexity index is 997. The number of amides is 1. The van der Waals surface area contributed by atoms with Gasteiger partial charge in [-0.2, -0.15) is 13.2 Å². The molecule has 210 valence electrons. The maximum Gasteiger partial charge on any atom is 0.415 e. The molecular weight excluding hydrogens is 503 g/mol. The summed E-state index contributed by atoms with van der Waals surface area (Å²) >= 11 is 0. The van der Waals surface area contributed by atoms with Crippen molar-refractivity contribution in [3.63, 3.8) is 0 Å². The van der Waals surface area contributed by atoms with Crippen LogP contribution in [-0.4, -0.2) is 60.7 Å². The Hall–Kier alpha value is -3.27. The average Bonchev–Trinajstić information content (AvgIpc) is 2.85. The number of carboxylic acids is 1. The van der Waals surface area contributed by atoms with E-state index in [9.17, 15) is 27.9 Å². The van der Waals surface area contributed by atoms with Crippen LogP contribution in [0.2, 0.25) is 0 Å². The number of hydrogen-bond acceptors (Lipinski definition) is 5. The lowest BCUT2D eigenvalue weighted by Crippen LogP contribution is -2.37. The molecule has 7 nitrogen and oxygen atoms in total. The first kappa shape index (κ1) is 31.0. The first-order valence-electron chi connectivity index (χ1n) is 12.7. The van der Waals surface area contributed by atoms with Crippen molar-refractivity contribution in [3.8, 4) is 11.5 Å². The summed E-state index contributed by atoms with van der Waals surface area (Å²) in [6.45, 7) is 4.64. The number of carboxylic acid groups (broad SMARTS) is 1. The number of carbonyl (C=O) groups excluding carboxylic acids is 1. The Labute approximate surface area is 221 Å². The van der Waals surface area contributed by atoms with Crippen molar-refractivity contribution in [1.82, 2.24) is 4.90 Å². The van der Waals surface area contributed by atoms with E-state index in [1.54, 1.807) is 49.4 Å². The Morgan fingerprint density at radius 2 is 1.68 bits per heavy atom. The molecular formula is C28H36F3NO6. The van der Waals surface area contributed by atoms with Gasteiger partial charge in [0.05, 0.1) is 6.54 Å². The molecule has 0 fully saturated rings. The van der Waals surface area contributed by atoms with Gasteiger partial charge in [-0.25, -0.2) is 9.59 Å². The molecule has 0 aliphatic carbocycles. The van der Waals surface area contributed by atoms with Crippen molar-refractivity contribution in [2.45, 2.75) is 64.7 Å². The summed E-state index contributed by atoms with van der Waals surface area (Å²) in [6.07, 6.45) is -4.62. The zero-order valence-corrected chi connectivity index (χ0v) is 21.8. The maximum atomic E-state index is 12.8. The van der Waals surface area contributed by atoms with Crippen molar-refractivity contribution in [2.24, 2.45) is 0 Å². The van der Waals surface area contributed by atoms with Crippen molar-refractivity contribution in [3.05, 3.63) is 59.7 Å². The van der Waals surface area contributed by atoms with Crippen LogP contribution in [0.4, 0.5) is 18.0 Å². The zero-order valence-electron chi connectivity index (χ0n) is 21.8. The lowest BCUT2D eigenvalue weighted by molar-refractivity contribution is -0.150. The molecule has 38 heavy (non-hydrogen) atoms. The fourth-order valence-electron chi connectivity index (χ4n) is 3.75. The van der Waals surface area contributed by atoms with E-state index in [4.69, 9.17) is 14.2 Å². The van der Waals surface area contributed by atoms with Gasteiger partial charge in [0.15, 0.2) is 6.10 Å². The van der Waals surface area contributed by atoms with Gasteiger partial charge in [0.25, 0.3) is 0 Å². The summed E-state index contributed by atoms with van der Waals surface area (Å²) in [5, 5.41) is 9.24. The van der Waals surface area contributed by atoms with E-state index >= 15 is 0 Å². The number of benzene rings is 2. The first-order valence-corrected chi connectivity index (χ1v) is 12.7. The van der Waals surface area contributed by atoms with Gasteiger partial charge >= 0.3 is 18.2 Å². The van der Waals surface area contributed by atoms with Gasteiger partial charge in [0.2, 0.25) is 0 Å². The second-order valence-corrected chi connectivity index (χ2v) is 8.93. The van der Waals surface area contributed by atoms with Gasteiger partial charge in [0.1, 0.15) is 18.1 Å². The smallest absolute Gasteiger partial charge is 0.415 e. The number of nitrogens with zero attached hydrogens (tertiary/aromatic N) is 1. The minimum atomic E-state index is -4.15. The Kier molecular flexibility index (Phi) is 12.9. The van der Waals surface area contributed by atoms with E-state index in [0.29, 0.717) is 43.9 Å².